The number of oxazole rings is 1. The normalized spacial score (nSPS) is 10.1. The number of carbonyl (C=O) groups is 1. The number of esters is 1. The number of nitriles is 1. The summed E-state index contributed by atoms with van der Waals surface area (Å²) in [5, 5.41) is 8.72. The molecule has 120 valence electrons. The quantitative estimate of drug-likeness (QED) is 0.507. The number of hydrogen-bond acceptors (Lipinski definition) is 7. The van der Waals surface area contributed by atoms with Gasteiger partial charge in [0.05, 0.1) is 17.9 Å². The molecule has 7 nitrogen and oxygen atoms in total. The number of benzene rings is 1. The van der Waals surface area contributed by atoms with E-state index in [0.717, 1.165) is 6.39 Å². The lowest BCUT2D eigenvalue weighted by molar-refractivity contribution is 0.0444. The third-order valence-electron chi connectivity index (χ3n) is 3.07. The van der Waals surface area contributed by atoms with Crippen LogP contribution in [0.3, 0.4) is 0 Å². The summed E-state index contributed by atoms with van der Waals surface area (Å²) in [4.78, 5) is 15.9. The number of hydrogen-bond donors (Lipinski definition) is 0. The zero-order chi connectivity index (χ0) is 16.8. The number of ether oxygens (including phenoxy) is 2. The predicted octanol–water partition coefficient (Wildman–Crippen LogP) is 3.04. The zero-order valence-electron chi connectivity index (χ0n) is 12.5. The van der Waals surface area contributed by atoms with Gasteiger partial charge in [-0.3, -0.25) is 0 Å². The molecule has 0 unspecified atom stereocenters. The fourth-order valence-electron chi connectivity index (χ4n) is 1.96. The summed E-state index contributed by atoms with van der Waals surface area (Å²) < 4.78 is 20.9. The topological polar surface area (TPSA) is 98.5 Å². The minimum absolute atomic E-state index is 0.0447. The van der Waals surface area contributed by atoms with Crippen LogP contribution in [0.4, 0.5) is 0 Å². The third kappa shape index (κ3) is 3.44. The largest absolute Gasteiger partial charge is 0.490 e. The van der Waals surface area contributed by atoms with Gasteiger partial charge in [0, 0.05) is 0 Å². The Morgan fingerprint density at radius 1 is 1.17 bits per heavy atom. The molecule has 3 rings (SSSR count). The Bertz CT molecular complexity index is 844. The Hall–Kier alpha value is -3.53. The summed E-state index contributed by atoms with van der Waals surface area (Å²) in [6.45, 7) is 0.217. The minimum Gasteiger partial charge on any atom is -0.490 e. The second-order valence-corrected chi connectivity index (χ2v) is 4.63. The van der Waals surface area contributed by atoms with Crippen LogP contribution in [0.2, 0.25) is 0 Å². The van der Waals surface area contributed by atoms with Crippen molar-refractivity contribution >= 4 is 5.97 Å². The van der Waals surface area contributed by atoms with Crippen molar-refractivity contribution in [3.8, 4) is 23.3 Å². The smallest absolute Gasteiger partial charge is 0.361 e. The fraction of sp³-hybridized carbons (Fsp3) is 0.118. The van der Waals surface area contributed by atoms with Crippen LogP contribution < -0.4 is 4.74 Å². The molecule has 0 spiro atoms. The first-order valence-electron chi connectivity index (χ1n) is 7.05. The van der Waals surface area contributed by atoms with Gasteiger partial charge in [0.25, 0.3) is 0 Å². The molecule has 0 bridgehead atoms. The summed E-state index contributed by atoms with van der Waals surface area (Å²) in [6, 6.07) is 12.0. The van der Waals surface area contributed by atoms with Crippen LogP contribution in [-0.4, -0.2) is 24.2 Å². The van der Waals surface area contributed by atoms with Gasteiger partial charge in [-0.25, -0.2) is 9.78 Å². The van der Waals surface area contributed by atoms with Gasteiger partial charge >= 0.3 is 5.97 Å². The molecule has 0 fully saturated rings. The maximum absolute atomic E-state index is 12.0. The van der Waals surface area contributed by atoms with E-state index in [1.807, 2.05) is 6.07 Å². The molecule has 0 aliphatic heterocycles. The van der Waals surface area contributed by atoms with Gasteiger partial charge in [-0.05, 0) is 36.4 Å². The molecule has 0 saturated heterocycles. The van der Waals surface area contributed by atoms with Crippen molar-refractivity contribution < 1.29 is 23.1 Å². The van der Waals surface area contributed by atoms with Crippen LogP contribution in [0.15, 0.2) is 57.9 Å². The molecule has 1 aromatic carbocycles. The molecular formula is C17H12N2O5. The summed E-state index contributed by atoms with van der Waals surface area (Å²) in [6.07, 6.45) is 2.63. The molecule has 24 heavy (non-hydrogen) atoms. The highest BCUT2D eigenvalue weighted by Gasteiger charge is 2.21. The lowest BCUT2D eigenvalue weighted by Crippen LogP contribution is -2.13. The van der Waals surface area contributed by atoms with Crippen LogP contribution >= 0.6 is 0 Å². The highest BCUT2D eigenvalue weighted by Crippen LogP contribution is 2.23. The summed E-state index contributed by atoms with van der Waals surface area (Å²) >= 11 is 0. The number of nitrogens with zero attached hydrogens (tertiary/aromatic N) is 2. The number of furan rings is 1. The lowest BCUT2D eigenvalue weighted by Gasteiger charge is -2.06. The standard InChI is InChI=1S/C17H12N2O5/c18-10-12-3-5-13(6-4-12)21-8-9-23-17(20)15-16(24-11-19-15)14-2-1-7-22-14/h1-7,11H,8-9H2. The molecule has 2 heterocycles. The first-order valence-corrected chi connectivity index (χ1v) is 7.05. The average molecular weight is 324 g/mol. The van der Waals surface area contributed by atoms with E-state index in [0.29, 0.717) is 17.1 Å². The number of rotatable bonds is 6. The van der Waals surface area contributed by atoms with E-state index in [1.54, 1.807) is 36.4 Å². The fourth-order valence-corrected chi connectivity index (χ4v) is 1.96. The van der Waals surface area contributed by atoms with Crippen molar-refractivity contribution in [2.45, 2.75) is 0 Å². The summed E-state index contributed by atoms with van der Waals surface area (Å²) in [7, 11) is 0. The Kier molecular flexibility index (Phi) is 4.58. The Morgan fingerprint density at radius 3 is 2.71 bits per heavy atom. The molecule has 0 radical (unpaired) electrons. The Morgan fingerprint density at radius 2 is 2.00 bits per heavy atom. The zero-order valence-corrected chi connectivity index (χ0v) is 12.5. The van der Waals surface area contributed by atoms with Gasteiger partial charge < -0.3 is 18.3 Å². The van der Waals surface area contributed by atoms with E-state index in [1.165, 1.54) is 6.26 Å². The molecule has 0 N–H and O–H groups in total. The molecular weight excluding hydrogens is 312 g/mol. The van der Waals surface area contributed by atoms with E-state index in [2.05, 4.69) is 4.98 Å². The Labute approximate surface area is 137 Å². The summed E-state index contributed by atoms with van der Waals surface area (Å²) in [5.74, 6) is 0.577. The SMILES string of the molecule is N#Cc1ccc(OCCOC(=O)c2ncoc2-c2ccco2)cc1. The van der Waals surface area contributed by atoms with Gasteiger partial charge in [0.15, 0.2) is 17.8 Å². The minimum atomic E-state index is -0.626. The van der Waals surface area contributed by atoms with E-state index in [-0.39, 0.29) is 24.7 Å². The maximum Gasteiger partial charge on any atom is 0.361 e. The van der Waals surface area contributed by atoms with Gasteiger partial charge in [-0.15, -0.1) is 0 Å². The van der Waals surface area contributed by atoms with Crippen LogP contribution in [0.25, 0.3) is 11.5 Å². The first-order chi connectivity index (χ1) is 11.8. The molecule has 0 saturated carbocycles. The highest BCUT2D eigenvalue weighted by molar-refractivity contribution is 5.92. The third-order valence-corrected chi connectivity index (χ3v) is 3.07. The molecule has 0 aliphatic rings. The van der Waals surface area contributed by atoms with Crippen molar-refractivity contribution in [3.63, 3.8) is 0 Å². The van der Waals surface area contributed by atoms with E-state index in [9.17, 15) is 4.79 Å². The van der Waals surface area contributed by atoms with Gasteiger partial charge in [0.2, 0.25) is 5.76 Å². The lowest BCUT2D eigenvalue weighted by atomic mass is 10.2. The Balaban J connectivity index is 1.51. The van der Waals surface area contributed by atoms with Crippen LogP contribution in [0.5, 0.6) is 5.75 Å². The second kappa shape index (κ2) is 7.15. The van der Waals surface area contributed by atoms with Crippen molar-refractivity contribution in [1.29, 1.82) is 5.26 Å². The van der Waals surface area contributed by atoms with Crippen molar-refractivity contribution in [3.05, 3.63) is 60.3 Å². The van der Waals surface area contributed by atoms with E-state index in [4.69, 9.17) is 23.6 Å². The van der Waals surface area contributed by atoms with Crippen LogP contribution in [0.1, 0.15) is 16.1 Å². The van der Waals surface area contributed by atoms with Gasteiger partial charge in [0.1, 0.15) is 19.0 Å². The molecule has 2 aromatic heterocycles. The molecule has 0 aliphatic carbocycles. The molecule has 0 atom stereocenters. The predicted molar refractivity (Wildman–Crippen MR) is 81.1 cm³/mol. The van der Waals surface area contributed by atoms with E-state index >= 15 is 0 Å². The highest BCUT2D eigenvalue weighted by atomic mass is 16.6. The van der Waals surface area contributed by atoms with Crippen LogP contribution in [-0.2, 0) is 4.74 Å². The van der Waals surface area contributed by atoms with Crippen molar-refractivity contribution in [2.75, 3.05) is 13.2 Å². The summed E-state index contributed by atoms with van der Waals surface area (Å²) in [5.41, 5.74) is 0.591. The van der Waals surface area contributed by atoms with Crippen molar-refractivity contribution in [1.82, 2.24) is 4.98 Å². The first kappa shape index (κ1) is 15.4. The van der Waals surface area contributed by atoms with E-state index < -0.39 is 5.97 Å². The second-order valence-electron chi connectivity index (χ2n) is 4.63. The van der Waals surface area contributed by atoms with Crippen molar-refractivity contribution in [2.24, 2.45) is 0 Å². The van der Waals surface area contributed by atoms with Gasteiger partial charge in [-0.1, -0.05) is 0 Å². The maximum atomic E-state index is 12.0. The monoisotopic (exact) mass is 324 g/mol. The molecule has 3 aromatic rings. The van der Waals surface area contributed by atoms with Gasteiger partial charge in [-0.2, -0.15) is 5.26 Å². The molecule has 7 heteroatoms. The molecule has 0 amide bonds. The van der Waals surface area contributed by atoms with Crippen LogP contribution in [0, 0.1) is 11.3 Å². The average Bonchev–Trinajstić information content (AvgIpc) is 3.29. The number of aromatic nitrogens is 1. The number of carbonyl (C=O) groups excluding carboxylic acids is 1.